The number of nitro groups is 1. The molecule has 0 fully saturated rings. The van der Waals surface area contributed by atoms with E-state index in [0.29, 0.717) is 12.1 Å². The Balaban J connectivity index is 3.20. The van der Waals surface area contributed by atoms with Crippen LogP contribution in [0.1, 0.15) is 19.4 Å². The van der Waals surface area contributed by atoms with Crippen molar-refractivity contribution in [2.45, 2.75) is 26.8 Å². The lowest BCUT2D eigenvalue weighted by molar-refractivity contribution is -0.385. The van der Waals surface area contributed by atoms with E-state index in [1.165, 1.54) is 6.07 Å². The van der Waals surface area contributed by atoms with E-state index in [1.807, 2.05) is 24.8 Å². The van der Waals surface area contributed by atoms with Crippen LogP contribution >= 0.6 is 0 Å². The van der Waals surface area contributed by atoms with Crippen LogP contribution in [0.3, 0.4) is 0 Å². The molecule has 0 radical (unpaired) electrons. The highest BCUT2D eigenvalue weighted by Crippen LogP contribution is 2.29. The van der Waals surface area contributed by atoms with Crippen LogP contribution in [0.15, 0.2) is 18.2 Å². The first kappa shape index (κ1) is 13.4. The Hall–Kier alpha value is -1.62. The summed E-state index contributed by atoms with van der Waals surface area (Å²) in [6.45, 7) is 6.22. The van der Waals surface area contributed by atoms with Crippen molar-refractivity contribution in [1.82, 2.24) is 0 Å². The molecule has 0 amide bonds. The Morgan fingerprint density at radius 1 is 1.47 bits per heavy atom. The van der Waals surface area contributed by atoms with E-state index in [1.54, 1.807) is 13.0 Å². The molecule has 0 saturated carbocycles. The molecule has 0 bridgehead atoms. The van der Waals surface area contributed by atoms with Gasteiger partial charge < -0.3 is 10.0 Å². The second-order valence-electron chi connectivity index (χ2n) is 4.19. The fourth-order valence-electron chi connectivity index (χ4n) is 1.89. The molecule has 1 N–H and O–H groups in total. The minimum absolute atomic E-state index is 0.0281. The summed E-state index contributed by atoms with van der Waals surface area (Å²) in [5, 5.41) is 19.9. The molecule has 0 spiro atoms. The van der Waals surface area contributed by atoms with Crippen LogP contribution in [0.4, 0.5) is 11.4 Å². The molecule has 0 aliphatic rings. The van der Waals surface area contributed by atoms with Crippen molar-refractivity contribution in [1.29, 1.82) is 0 Å². The maximum Gasteiger partial charge on any atom is 0.274 e. The first-order chi connectivity index (χ1) is 7.99. The van der Waals surface area contributed by atoms with E-state index in [9.17, 15) is 10.1 Å². The summed E-state index contributed by atoms with van der Waals surface area (Å²) in [6, 6.07) is 5.20. The third-order valence-corrected chi connectivity index (χ3v) is 2.75. The van der Waals surface area contributed by atoms with Crippen LogP contribution in [0.5, 0.6) is 0 Å². The fraction of sp³-hybridized carbons (Fsp3) is 0.500. The molecule has 94 valence electrons. The molecule has 0 aliphatic carbocycles. The van der Waals surface area contributed by atoms with E-state index in [-0.39, 0.29) is 23.3 Å². The molecule has 0 saturated heterocycles. The molecule has 0 heterocycles. The van der Waals surface area contributed by atoms with Gasteiger partial charge in [0.2, 0.25) is 0 Å². The van der Waals surface area contributed by atoms with Gasteiger partial charge in [-0.05, 0) is 26.8 Å². The SMILES string of the molecule is Cc1c(N(CCO)C(C)C)cccc1[N+](=O)[O-]. The van der Waals surface area contributed by atoms with E-state index in [4.69, 9.17) is 5.11 Å². The predicted molar refractivity (Wildman–Crippen MR) is 67.4 cm³/mol. The zero-order chi connectivity index (χ0) is 13.0. The highest BCUT2D eigenvalue weighted by atomic mass is 16.6. The fourth-order valence-corrected chi connectivity index (χ4v) is 1.89. The van der Waals surface area contributed by atoms with Crippen molar-refractivity contribution in [3.63, 3.8) is 0 Å². The zero-order valence-electron chi connectivity index (χ0n) is 10.4. The molecular weight excluding hydrogens is 220 g/mol. The maximum atomic E-state index is 10.9. The summed E-state index contributed by atoms with van der Waals surface area (Å²) in [7, 11) is 0. The number of hydrogen-bond acceptors (Lipinski definition) is 4. The summed E-state index contributed by atoms with van der Waals surface area (Å²) in [6.07, 6.45) is 0. The van der Waals surface area contributed by atoms with Gasteiger partial charge >= 0.3 is 0 Å². The molecule has 5 nitrogen and oxygen atoms in total. The molecule has 1 aromatic carbocycles. The summed E-state index contributed by atoms with van der Waals surface area (Å²) in [4.78, 5) is 12.4. The molecule has 0 aromatic heterocycles. The highest BCUT2D eigenvalue weighted by Gasteiger charge is 2.18. The predicted octanol–water partition coefficient (Wildman–Crippen LogP) is 2.11. The van der Waals surface area contributed by atoms with E-state index < -0.39 is 0 Å². The number of benzene rings is 1. The topological polar surface area (TPSA) is 66.6 Å². The first-order valence-corrected chi connectivity index (χ1v) is 5.60. The molecule has 17 heavy (non-hydrogen) atoms. The van der Waals surface area contributed by atoms with Gasteiger partial charge in [-0.25, -0.2) is 0 Å². The normalized spacial score (nSPS) is 10.6. The van der Waals surface area contributed by atoms with Crippen LogP contribution in [0.25, 0.3) is 0 Å². The van der Waals surface area contributed by atoms with Gasteiger partial charge in [0.25, 0.3) is 5.69 Å². The number of aliphatic hydroxyl groups excluding tert-OH is 1. The molecule has 1 rings (SSSR count). The molecule has 1 aromatic rings. The molecule has 0 unspecified atom stereocenters. The molecule has 5 heteroatoms. The standard InChI is InChI=1S/C12H18N2O3/c1-9(2)13(7-8-15)11-5-4-6-12(10(11)3)14(16)17/h4-6,9,15H,7-8H2,1-3H3. The average Bonchev–Trinajstić information content (AvgIpc) is 2.26. The number of rotatable bonds is 5. The van der Waals surface area contributed by atoms with Gasteiger partial charge in [0.05, 0.1) is 17.1 Å². The van der Waals surface area contributed by atoms with Crippen LogP contribution in [-0.4, -0.2) is 29.2 Å². The molecule has 0 aliphatic heterocycles. The van der Waals surface area contributed by atoms with Crippen molar-refractivity contribution >= 4 is 11.4 Å². The van der Waals surface area contributed by atoms with Crippen molar-refractivity contribution in [2.24, 2.45) is 0 Å². The maximum absolute atomic E-state index is 10.9. The van der Waals surface area contributed by atoms with Gasteiger partial charge in [0.15, 0.2) is 0 Å². The van der Waals surface area contributed by atoms with E-state index >= 15 is 0 Å². The Kier molecular flexibility index (Phi) is 4.45. The lowest BCUT2D eigenvalue weighted by Gasteiger charge is -2.29. The van der Waals surface area contributed by atoms with E-state index in [2.05, 4.69) is 0 Å². The van der Waals surface area contributed by atoms with E-state index in [0.717, 1.165) is 5.69 Å². The summed E-state index contributed by atoms with van der Waals surface area (Å²) in [5.74, 6) is 0. The molecular formula is C12H18N2O3. The Bertz CT molecular complexity index is 405. The van der Waals surface area contributed by atoms with Crippen LogP contribution < -0.4 is 4.90 Å². The first-order valence-electron chi connectivity index (χ1n) is 5.60. The lowest BCUT2D eigenvalue weighted by atomic mass is 10.1. The van der Waals surface area contributed by atoms with Crippen LogP contribution in [0, 0.1) is 17.0 Å². The van der Waals surface area contributed by atoms with Crippen LogP contribution in [0.2, 0.25) is 0 Å². The van der Waals surface area contributed by atoms with Gasteiger partial charge in [0, 0.05) is 24.3 Å². The van der Waals surface area contributed by atoms with Gasteiger partial charge in [-0.15, -0.1) is 0 Å². The third-order valence-electron chi connectivity index (χ3n) is 2.75. The second kappa shape index (κ2) is 5.63. The summed E-state index contributed by atoms with van der Waals surface area (Å²) in [5.41, 5.74) is 1.56. The number of nitrogens with zero attached hydrogens (tertiary/aromatic N) is 2. The minimum Gasteiger partial charge on any atom is -0.395 e. The average molecular weight is 238 g/mol. The lowest BCUT2D eigenvalue weighted by Crippen LogP contribution is -2.34. The van der Waals surface area contributed by atoms with Gasteiger partial charge in [0.1, 0.15) is 0 Å². The number of hydrogen-bond donors (Lipinski definition) is 1. The Labute approximate surface area is 101 Å². The van der Waals surface area contributed by atoms with Crippen molar-refractivity contribution in [3.05, 3.63) is 33.9 Å². The minimum atomic E-state index is -0.379. The number of nitro benzene ring substituents is 1. The second-order valence-corrected chi connectivity index (χ2v) is 4.19. The molecule has 0 atom stereocenters. The van der Waals surface area contributed by atoms with Gasteiger partial charge in [-0.2, -0.15) is 0 Å². The Morgan fingerprint density at radius 2 is 2.12 bits per heavy atom. The van der Waals surface area contributed by atoms with Crippen LogP contribution in [-0.2, 0) is 0 Å². The zero-order valence-corrected chi connectivity index (χ0v) is 10.4. The van der Waals surface area contributed by atoms with Crippen molar-refractivity contribution in [2.75, 3.05) is 18.1 Å². The summed E-state index contributed by atoms with van der Waals surface area (Å²) >= 11 is 0. The highest BCUT2D eigenvalue weighted by molar-refractivity contribution is 5.61. The number of aliphatic hydroxyl groups is 1. The quantitative estimate of drug-likeness (QED) is 0.630. The Morgan fingerprint density at radius 3 is 2.59 bits per heavy atom. The monoisotopic (exact) mass is 238 g/mol. The van der Waals surface area contributed by atoms with Gasteiger partial charge in [-0.3, -0.25) is 10.1 Å². The third kappa shape index (κ3) is 2.94. The van der Waals surface area contributed by atoms with Gasteiger partial charge in [-0.1, -0.05) is 6.07 Å². The summed E-state index contributed by atoms with van der Waals surface area (Å²) < 4.78 is 0. The largest absolute Gasteiger partial charge is 0.395 e. The smallest absolute Gasteiger partial charge is 0.274 e. The van der Waals surface area contributed by atoms with Crippen molar-refractivity contribution in [3.8, 4) is 0 Å². The number of anilines is 1. The van der Waals surface area contributed by atoms with Crippen molar-refractivity contribution < 1.29 is 10.0 Å².